The molecule has 6 heteroatoms. The van der Waals surface area contributed by atoms with E-state index in [2.05, 4.69) is 10.6 Å². The highest BCUT2D eigenvalue weighted by molar-refractivity contribution is 5.76. The van der Waals surface area contributed by atoms with Gasteiger partial charge in [0.15, 0.2) is 6.10 Å². The fourth-order valence-electron chi connectivity index (χ4n) is 1.48. The Morgan fingerprint density at radius 3 is 2.53 bits per heavy atom. The summed E-state index contributed by atoms with van der Waals surface area (Å²) in [5, 5.41) is 13.8. The maximum atomic E-state index is 11.4. The van der Waals surface area contributed by atoms with Crippen molar-refractivity contribution in [2.75, 3.05) is 20.2 Å². The monoisotopic (exact) mass is 266 g/mol. The molecule has 0 aliphatic heterocycles. The summed E-state index contributed by atoms with van der Waals surface area (Å²) < 4.78 is 4.69. The summed E-state index contributed by atoms with van der Waals surface area (Å²) in [6.07, 6.45) is -0.305. The Hall–Kier alpha value is -2.08. The lowest BCUT2D eigenvalue weighted by atomic mass is 10.1. The van der Waals surface area contributed by atoms with Crippen LogP contribution in [0.4, 0.5) is 4.79 Å². The number of nitrogens with one attached hydrogen (secondary N) is 2. The molecule has 104 valence electrons. The first kappa shape index (κ1) is 15.0. The molecule has 1 atom stereocenters. The third-order valence-electron chi connectivity index (χ3n) is 2.55. The van der Waals surface area contributed by atoms with Gasteiger partial charge in [0, 0.05) is 13.7 Å². The summed E-state index contributed by atoms with van der Waals surface area (Å²) in [6, 6.07) is 9.35. The molecular weight excluding hydrogens is 248 g/mol. The number of urea groups is 1. The van der Waals surface area contributed by atoms with Crippen LogP contribution in [0, 0.1) is 0 Å². The summed E-state index contributed by atoms with van der Waals surface area (Å²) in [5.74, 6) is -1.10. The number of hydrogen-bond donors (Lipinski definition) is 3. The highest BCUT2D eigenvalue weighted by atomic mass is 16.5. The third-order valence-corrected chi connectivity index (χ3v) is 2.55. The second-order valence-corrected chi connectivity index (χ2v) is 3.93. The second-order valence-electron chi connectivity index (χ2n) is 3.93. The Morgan fingerprint density at radius 2 is 1.95 bits per heavy atom. The molecule has 3 N–H and O–H groups in total. The Morgan fingerprint density at radius 1 is 1.26 bits per heavy atom. The SMILES string of the molecule is COC(CNC(=O)NCCc1ccccc1)C(=O)O. The highest BCUT2D eigenvalue weighted by Crippen LogP contribution is 1.97. The van der Waals surface area contributed by atoms with E-state index in [0.29, 0.717) is 6.54 Å². The molecule has 0 aliphatic rings. The Balaban J connectivity index is 2.19. The third kappa shape index (κ3) is 5.87. The predicted molar refractivity (Wildman–Crippen MR) is 70.0 cm³/mol. The van der Waals surface area contributed by atoms with E-state index in [-0.39, 0.29) is 6.54 Å². The first-order valence-corrected chi connectivity index (χ1v) is 5.94. The van der Waals surface area contributed by atoms with Gasteiger partial charge in [-0.3, -0.25) is 0 Å². The summed E-state index contributed by atoms with van der Waals surface area (Å²) in [4.78, 5) is 22.1. The number of methoxy groups -OCH3 is 1. The molecule has 0 radical (unpaired) electrons. The zero-order valence-corrected chi connectivity index (χ0v) is 10.8. The molecule has 1 aromatic carbocycles. The minimum atomic E-state index is -1.10. The number of rotatable bonds is 7. The van der Waals surface area contributed by atoms with E-state index in [9.17, 15) is 9.59 Å². The van der Waals surface area contributed by atoms with E-state index < -0.39 is 18.1 Å². The first-order valence-electron chi connectivity index (χ1n) is 5.94. The molecule has 6 nitrogen and oxygen atoms in total. The largest absolute Gasteiger partial charge is 0.479 e. The molecule has 0 saturated heterocycles. The fraction of sp³-hybridized carbons (Fsp3) is 0.385. The molecule has 19 heavy (non-hydrogen) atoms. The van der Waals surface area contributed by atoms with Crippen LogP contribution in [0.3, 0.4) is 0 Å². The zero-order valence-electron chi connectivity index (χ0n) is 10.8. The summed E-state index contributed by atoms with van der Waals surface area (Å²) in [7, 11) is 1.29. The minimum absolute atomic E-state index is 0.0665. The molecule has 1 rings (SSSR count). The quantitative estimate of drug-likeness (QED) is 0.675. The molecule has 2 amide bonds. The lowest BCUT2D eigenvalue weighted by Gasteiger charge is -2.12. The molecule has 0 aromatic heterocycles. The van der Waals surface area contributed by atoms with Gasteiger partial charge in [-0.05, 0) is 12.0 Å². The number of ether oxygens (including phenoxy) is 1. The molecular formula is C13H18N2O4. The van der Waals surface area contributed by atoms with Crippen LogP contribution in [0.15, 0.2) is 30.3 Å². The molecule has 1 aromatic rings. The molecule has 0 saturated carbocycles. The number of benzene rings is 1. The van der Waals surface area contributed by atoms with Gasteiger partial charge in [0.1, 0.15) is 0 Å². The molecule has 0 spiro atoms. The lowest BCUT2D eigenvalue weighted by Crippen LogP contribution is -2.43. The van der Waals surface area contributed by atoms with Gasteiger partial charge in [-0.2, -0.15) is 0 Å². The Bertz CT molecular complexity index is 408. The van der Waals surface area contributed by atoms with E-state index in [4.69, 9.17) is 9.84 Å². The van der Waals surface area contributed by atoms with Gasteiger partial charge < -0.3 is 20.5 Å². The van der Waals surface area contributed by atoms with Crippen molar-refractivity contribution in [3.05, 3.63) is 35.9 Å². The van der Waals surface area contributed by atoms with E-state index in [1.54, 1.807) is 0 Å². The van der Waals surface area contributed by atoms with Crippen LogP contribution in [-0.2, 0) is 16.0 Å². The van der Waals surface area contributed by atoms with Crippen LogP contribution < -0.4 is 10.6 Å². The van der Waals surface area contributed by atoms with Crippen molar-refractivity contribution in [1.82, 2.24) is 10.6 Å². The van der Waals surface area contributed by atoms with Crippen molar-refractivity contribution in [3.63, 3.8) is 0 Å². The smallest absolute Gasteiger partial charge is 0.334 e. The van der Waals surface area contributed by atoms with Crippen molar-refractivity contribution in [2.24, 2.45) is 0 Å². The fourth-order valence-corrected chi connectivity index (χ4v) is 1.48. The zero-order chi connectivity index (χ0) is 14.1. The molecule has 0 fully saturated rings. The van der Waals surface area contributed by atoms with Crippen molar-refractivity contribution in [2.45, 2.75) is 12.5 Å². The van der Waals surface area contributed by atoms with Crippen LogP contribution in [-0.4, -0.2) is 43.4 Å². The summed E-state index contributed by atoms with van der Waals surface area (Å²) >= 11 is 0. The maximum Gasteiger partial charge on any atom is 0.334 e. The summed E-state index contributed by atoms with van der Waals surface area (Å²) in [5.41, 5.74) is 1.13. The van der Waals surface area contributed by atoms with Crippen LogP contribution in [0.2, 0.25) is 0 Å². The average Bonchev–Trinajstić information content (AvgIpc) is 2.40. The van der Waals surface area contributed by atoms with Gasteiger partial charge in [0.2, 0.25) is 0 Å². The number of hydrogen-bond acceptors (Lipinski definition) is 3. The van der Waals surface area contributed by atoms with Crippen molar-refractivity contribution < 1.29 is 19.4 Å². The number of carbonyl (C=O) groups is 2. The van der Waals surface area contributed by atoms with Crippen LogP contribution in [0.25, 0.3) is 0 Å². The lowest BCUT2D eigenvalue weighted by molar-refractivity contribution is -0.147. The normalized spacial score (nSPS) is 11.6. The van der Waals surface area contributed by atoms with Crippen molar-refractivity contribution >= 4 is 12.0 Å². The maximum absolute atomic E-state index is 11.4. The number of carboxylic acid groups (broad SMARTS) is 1. The van der Waals surface area contributed by atoms with Gasteiger partial charge in [0.05, 0.1) is 6.54 Å². The average molecular weight is 266 g/mol. The van der Waals surface area contributed by atoms with Crippen LogP contribution >= 0.6 is 0 Å². The summed E-state index contributed by atoms with van der Waals surface area (Å²) in [6.45, 7) is 0.420. The molecule has 1 unspecified atom stereocenters. The van der Waals surface area contributed by atoms with Gasteiger partial charge in [0.25, 0.3) is 0 Å². The van der Waals surface area contributed by atoms with Gasteiger partial charge in [-0.25, -0.2) is 9.59 Å². The highest BCUT2D eigenvalue weighted by Gasteiger charge is 2.16. The second kappa shape index (κ2) is 8.10. The van der Waals surface area contributed by atoms with E-state index in [1.165, 1.54) is 7.11 Å². The number of aliphatic carboxylic acids is 1. The molecule has 0 bridgehead atoms. The van der Waals surface area contributed by atoms with Gasteiger partial charge in [-0.1, -0.05) is 30.3 Å². The van der Waals surface area contributed by atoms with E-state index >= 15 is 0 Å². The van der Waals surface area contributed by atoms with Gasteiger partial charge >= 0.3 is 12.0 Å². The van der Waals surface area contributed by atoms with E-state index in [0.717, 1.165) is 12.0 Å². The van der Waals surface area contributed by atoms with Crippen molar-refractivity contribution in [3.8, 4) is 0 Å². The predicted octanol–water partition coefficient (Wildman–Crippen LogP) is 0.628. The topological polar surface area (TPSA) is 87.7 Å². The van der Waals surface area contributed by atoms with Gasteiger partial charge in [-0.15, -0.1) is 0 Å². The number of carbonyl (C=O) groups excluding carboxylic acids is 1. The standard InChI is InChI=1S/C13H18N2O4/c1-19-11(12(16)17)9-15-13(18)14-8-7-10-5-3-2-4-6-10/h2-6,11H,7-9H2,1H3,(H,16,17)(H2,14,15,18). The molecule has 0 heterocycles. The Kier molecular flexibility index (Phi) is 6.38. The number of amides is 2. The first-order chi connectivity index (χ1) is 9.13. The van der Waals surface area contributed by atoms with Crippen molar-refractivity contribution in [1.29, 1.82) is 0 Å². The molecule has 0 aliphatic carbocycles. The Labute approximate surface area is 111 Å². The minimum Gasteiger partial charge on any atom is -0.479 e. The van der Waals surface area contributed by atoms with E-state index in [1.807, 2.05) is 30.3 Å². The van der Waals surface area contributed by atoms with Crippen LogP contribution in [0.1, 0.15) is 5.56 Å². The van der Waals surface area contributed by atoms with Crippen LogP contribution in [0.5, 0.6) is 0 Å². The number of carboxylic acids is 1.